The van der Waals surface area contributed by atoms with Crippen LogP contribution in [0.25, 0.3) is 0 Å². The van der Waals surface area contributed by atoms with E-state index >= 15 is 0 Å². The smallest absolute Gasteiger partial charge is 0.320 e. The van der Waals surface area contributed by atoms with Gasteiger partial charge in [0.1, 0.15) is 6.04 Å². The summed E-state index contributed by atoms with van der Waals surface area (Å²) in [4.78, 5) is 21.5. The van der Waals surface area contributed by atoms with E-state index in [1.807, 2.05) is 0 Å². The van der Waals surface area contributed by atoms with Gasteiger partial charge in [0.2, 0.25) is 0 Å². The van der Waals surface area contributed by atoms with Crippen molar-refractivity contribution in [3.05, 3.63) is 11.1 Å². The first kappa shape index (κ1) is 11.2. The second-order valence-electron chi connectivity index (χ2n) is 3.42. The number of ketones is 1. The fourth-order valence-corrected chi connectivity index (χ4v) is 1.70. The highest BCUT2D eigenvalue weighted by atomic mass is 35.5. The largest absolute Gasteiger partial charge is 0.480 e. The van der Waals surface area contributed by atoms with Crippen LogP contribution < -0.4 is 5.73 Å². The predicted molar refractivity (Wildman–Crippen MR) is 51.9 cm³/mol. The molecule has 1 aliphatic rings. The molecule has 0 aromatic carbocycles. The fraction of sp³-hybridized carbons (Fsp3) is 0.556. The SMILES string of the molecule is NC(CC1C=C(Cl)C(=O)CC1)C(=O)O. The number of hydrogen-bond acceptors (Lipinski definition) is 3. The Morgan fingerprint density at radius 1 is 1.79 bits per heavy atom. The third-order valence-electron chi connectivity index (χ3n) is 2.26. The van der Waals surface area contributed by atoms with Gasteiger partial charge in [-0.25, -0.2) is 0 Å². The lowest BCUT2D eigenvalue weighted by molar-refractivity contribution is -0.138. The number of halogens is 1. The molecule has 78 valence electrons. The van der Waals surface area contributed by atoms with Gasteiger partial charge in [-0.05, 0) is 18.8 Å². The number of rotatable bonds is 3. The van der Waals surface area contributed by atoms with Crippen molar-refractivity contribution in [3.63, 3.8) is 0 Å². The molecule has 0 amide bonds. The average molecular weight is 218 g/mol. The zero-order valence-corrected chi connectivity index (χ0v) is 8.33. The summed E-state index contributed by atoms with van der Waals surface area (Å²) in [7, 11) is 0. The van der Waals surface area contributed by atoms with E-state index in [2.05, 4.69) is 0 Å². The summed E-state index contributed by atoms with van der Waals surface area (Å²) in [6.07, 6.45) is 2.96. The lowest BCUT2D eigenvalue weighted by Crippen LogP contribution is -2.32. The first-order valence-electron chi connectivity index (χ1n) is 4.39. The summed E-state index contributed by atoms with van der Waals surface area (Å²) in [6, 6.07) is -0.881. The summed E-state index contributed by atoms with van der Waals surface area (Å²) in [5.41, 5.74) is 5.37. The van der Waals surface area contributed by atoms with E-state index in [9.17, 15) is 9.59 Å². The normalized spacial score (nSPS) is 24.3. The van der Waals surface area contributed by atoms with E-state index in [1.165, 1.54) is 0 Å². The molecule has 5 heteroatoms. The molecule has 0 heterocycles. The first-order valence-corrected chi connectivity index (χ1v) is 4.77. The molecule has 0 fully saturated rings. The second kappa shape index (κ2) is 4.57. The van der Waals surface area contributed by atoms with Crippen LogP contribution in [-0.2, 0) is 9.59 Å². The minimum atomic E-state index is -1.02. The molecule has 4 nitrogen and oxygen atoms in total. The molecule has 0 aliphatic heterocycles. The molecule has 2 unspecified atom stereocenters. The number of carbonyl (C=O) groups is 2. The van der Waals surface area contributed by atoms with Gasteiger partial charge in [0.15, 0.2) is 5.78 Å². The molecule has 0 radical (unpaired) electrons. The van der Waals surface area contributed by atoms with Gasteiger partial charge in [-0.1, -0.05) is 17.7 Å². The second-order valence-corrected chi connectivity index (χ2v) is 3.82. The number of carboxylic acid groups (broad SMARTS) is 1. The summed E-state index contributed by atoms with van der Waals surface area (Å²) < 4.78 is 0. The van der Waals surface area contributed by atoms with E-state index in [0.29, 0.717) is 19.3 Å². The fourth-order valence-electron chi connectivity index (χ4n) is 1.43. The quantitative estimate of drug-likeness (QED) is 0.736. The molecule has 0 aromatic heterocycles. The molecule has 0 spiro atoms. The molecule has 0 aromatic rings. The van der Waals surface area contributed by atoms with Crippen LogP contribution >= 0.6 is 11.6 Å². The van der Waals surface area contributed by atoms with Gasteiger partial charge < -0.3 is 10.8 Å². The number of carbonyl (C=O) groups excluding carboxylic acids is 1. The zero-order chi connectivity index (χ0) is 10.7. The van der Waals surface area contributed by atoms with E-state index in [0.717, 1.165) is 0 Å². The topological polar surface area (TPSA) is 80.4 Å². The van der Waals surface area contributed by atoms with Crippen molar-refractivity contribution in [1.82, 2.24) is 0 Å². The van der Waals surface area contributed by atoms with Gasteiger partial charge >= 0.3 is 5.97 Å². The Balaban J connectivity index is 2.55. The van der Waals surface area contributed by atoms with Crippen LogP contribution in [-0.4, -0.2) is 22.9 Å². The number of nitrogens with two attached hydrogens (primary N) is 1. The molecule has 14 heavy (non-hydrogen) atoms. The van der Waals surface area contributed by atoms with Gasteiger partial charge in [0, 0.05) is 6.42 Å². The van der Waals surface area contributed by atoms with Crippen molar-refractivity contribution >= 4 is 23.4 Å². The number of carboxylic acids is 1. The maximum Gasteiger partial charge on any atom is 0.320 e. The highest BCUT2D eigenvalue weighted by Gasteiger charge is 2.23. The highest BCUT2D eigenvalue weighted by molar-refractivity contribution is 6.42. The predicted octanol–water partition coefficient (Wildman–Crippen LogP) is 0.890. The Kier molecular flexibility index (Phi) is 3.66. The zero-order valence-electron chi connectivity index (χ0n) is 7.57. The van der Waals surface area contributed by atoms with Gasteiger partial charge in [-0.2, -0.15) is 0 Å². The number of Topliss-reactive ketones (excluding diaryl/α,β-unsaturated/α-hetero) is 1. The lowest BCUT2D eigenvalue weighted by atomic mass is 9.89. The number of hydrogen-bond donors (Lipinski definition) is 2. The van der Waals surface area contributed by atoms with Crippen molar-refractivity contribution in [2.24, 2.45) is 11.7 Å². The molecule has 0 saturated heterocycles. The third-order valence-corrected chi connectivity index (χ3v) is 2.60. The molecule has 1 aliphatic carbocycles. The molecular formula is C9H12ClNO3. The Labute approximate surface area is 86.7 Å². The van der Waals surface area contributed by atoms with Crippen molar-refractivity contribution in [2.45, 2.75) is 25.3 Å². The summed E-state index contributed by atoms with van der Waals surface area (Å²) >= 11 is 5.65. The lowest BCUT2D eigenvalue weighted by Gasteiger charge is -2.19. The number of aliphatic carboxylic acids is 1. The highest BCUT2D eigenvalue weighted by Crippen LogP contribution is 2.25. The Bertz CT molecular complexity index is 288. The molecule has 3 N–H and O–H groups in total. The van der Waals surface area contributed by atoms with Crippen LogP contribution in [0.1, 0.15) is 19.3 Å². The van der Waals surface area contributed by atoms with Gasteiger partial charge in [-0.15, -0.1) is 0 Å². The molecule has 0 bridgehead atoms. The van der Waals surface area contributed by atoms with Crippen LogP contribution in [0.2, 0.25) is 0 Å². The van der Waals surface area contributed by atoms with Crippen molar-refractivity contribution in [2.75, 3.05) is 0 Å². The van der Waals surface area contributed by atoms with E-state index in [-0.39, 0.29) is 16.7 Å². The average Bonchev–Trinajstić information content (AvgIpc) is 2.11. The van der Waals surface area contributed by atoms with E-state index < -0.39 is 12.0 Å². The molecule has 2 atom stereocenters. The van der Waals surface area contributed by atoms with Gasteiger partial charge in [0.25, 0.3) is 0 Å². The van der Waals surface area contributed by atoms with Crippen molar-refractivity contribution in [1.29, 1.82) is 0 Å². The standard InChI is InChI=1S/C9H12ClNO3/c10-6-3-5(1-2-8(6)12)4-7(11)9(13)14/h3,5,7H,1-2,4,11H2,(H,13,14). The van der Waals surface area contributed by atoms with E-state index in [4.69, 9.17) is 22.4 Å². The Morgan fingerprint density at radius 3 is 2.93 bits per heavy atom. The Morgan fingerprint density at radius 2 is 2.43 bits per heavy atom. The van der Waals surface area contributed by atoms with Crippen LogP contribution in [0, 0.1) is 5.92 Å². The maximum atomic E-state index is 11.0. The van der Waals surface area contributed by atoms with Crippen molar-refractivity contribution < 1.29 is 14.7 Å². The molecular weight excluding hydrogens is 206 g/mol. The van der Waals surface area contributed by atoms with E-state index in [1.54, 1.807) is 6.08 Å². The van der Waals surface area contributed by atoms with Gasteiger partial charge in [-0.3, -0.25) is 9.59 Å². The summed E-state index contributed by atoms with van der Waals surface area (Å²) in [5, 5.41) is 8.79. The molecule has 1 rings (SSSR count). The van der Waals surface area contributed by atoms with Crippen LogP contribution in [0.4, 0.5) is 0 Å². The van der Waals surface area contributed by atoms with Crippen LogP contribution in [0.15, 0.2) is 11.1 Å². The monoisotopic (exact) mass is 217 g/mol. The minimum absolute atomic E-state index is 0.00583. The number of allylic oxidation sites excluding steroid dienone is 2. The Hall–Kier alpha value is -0.870. The summed E-state index contributed by atoms with van der Waals surface area (Å²) in [5.74, 6) is -1.09. The van der Waals surface area contributed by atoms with Crippen LogP contribution in [0.3, 0.4) is 0 Å². The van der Waals surface area contributed by atoms with Crippen LogP contribution in [0.5, 0.6) is 0 Å². The van der Waals surface area contributed by atoms with Crippen molar-refractivity contribution in [3.8, 4) is 0 Å². The van der Waals surface area contributed by atoms with Gasteiger partial charge in [0.05, 0.1) is 5.03 Å². The third kappa shape index (κ3) is 2.82. The minimum Gasteiger partial charge on any atom is -0.480 e. The maximum absolute atomic E-state index is 11.0. The molecule has 0 saturated carbocycles. The summed E-state index contributed by atoms with van der Waals surface area (Å²) in [6.45, 7) is 0. The first-order chi connectivity index (χ1) is 6.50.